The maximum absolute atomic E-state index is 13.6. The Bertz CT molecular complexity index is 608. The topological polar surface area (TPSA) is 75.1 Å². The number of nitrogens with zero attached hydrogens (tertiary/aromatic N) is 2. The van der Waals surface area contributed by atoms with Crippen LogP contribution in [0.5, 0.6) is 0 Å². The summed E-state index contributed by atoms with van der Waals surface area (Å²) < 4.78 is 14.7. The predicted octanol–water partition coefficient (Wildman–Crippen LogP) is 3.36. The van der Waals surface area contributed by atoms with E-state index in [9.17, 15) is 9.18 Å². The van der Waals surface area contributed by atoms with Gasteiger partial charge in [0.05, 0.1) is 11.4 Å². The van der Waals surface area contributed by atoms with E-state index in [-0.39, 0.29) is 11.4 Å². The monoisotopic (exact) mass is 363 g/mol. The van der Waals surface area contributed by atoms with Gasteiger partial charge in [-0.15, -0.1) is 10.2 Å². The molecule has 0 saturated carbocycles. The zero-order valence-corrected chi connectivity index (χ0v) is 12.5. The first-order valence-corrected chi connectivity index (χ1v) is 7.54. The first-order chi connectivity index (χ1) is 9.04. The van der Waals surface area contributed by atoms with Crippen molar-refractivity contribution in [3.05, 3.63) is 28.5 Å². The summed E-state index contributed by atoms with van der Waals surface area (Å²) in [7, 11) is 0. The van der Waals surface area contributed by atoms with Crippen LogP contribution in [0.2, 0.25) is 0 Å². The highest BCUT2D eigenvalue weighted by Crippen LogP contribution is 2.29. The second kappa shape index (κ2) is 6.31. The summed E-state index contributed by atoms with van der Waals surface area (Å²) in [6.07, 6.45) is 0. The molecule has 0 bridgehead atoms. The van der Waals surface area contributed by atoms with Crippen molar-refractivity contribution in [3.8, 4) is 0 Å². The molecule has 0 atom stereocenters. The molecule has 0 aliphatic heterocycles. The summed E-state index contributed by atoms with van der Waals surface area (Å²) in [5.74, 6) is -1.42. The predicted molar refractivity (Wildman–Crippen MR) is 75.7 cm³/mol. The molecule has 1 aromatic carbocycles. The van der Waals surface area contributed by atoms with Crippen molar-refractivity contribution in [2.75, 3.05) is 11.1 Å². The van der Waals surface area contributed by atoms with Crippen LogP contribution in [0.4, 0.5) is 15.2 Å². The molecule has 0 fully saturated rings. The van der Waals surface area contributed by atoms with Crippen LogP contribution >= 0.6 is 39.0 Å². The van der Waals surface area contributed by atoms with Crippen LogP contribution < -0.4 is 5.32 Å². The number of aliphatic carboxylic acids is 1. The highest BCUT2D eigenvalue weighted by atomic mass is 79.9. The molecular formula is C10H7BrFN3O2S2. The normalized spacial score (nSPS) is 10.4. The number of carbonyl (C=O) groups is 1. The Balaban J connectivity index is 2.05. The molecule has 2 aromatic rings. The Morgan fingerprint density at radius 1 is 1.53 bits per heavy atom. The fourth-order valence-corrected chi connectivity index (χ4v) is 2.97. The Hall–Kier alpha value is -1.19. The van der Waals surface area contributed by atoms with Crippen molar-refractivity contribution in [2.45, 2.75) is 4.34 Å². The second-order valence-electron chi connectivity index (χ2n) is 3.30. The molecule has 0 radical (unpaired) electrons. The molecule has 1 aromatic heterocycles. The molecule has 9 heteroatoms. The van der Waals surface area contributed by atoms with E-state index in [1.54, 1.807) is 12.1 Å². The van der Waals surface area contributed by atoms with Gasteiger partial charge in [-0.25, -0.2) is 4.39 Å². The molecule has 0 spiro atoms. The smallest absolute Gasteiger partial charge is 0.313 e. The lowest BCUT2D eigenvalue weighted by atomic mass is 10.3. The first-order valence-electron chi connectivity index (χ1n) is 4.95. The molecule has 100 valence electrons. The summed E-state index contributed by atoms with van der Waals surface area (Å²) in [4.78, 5) is 10.4. The van der Waals surface area contributed by atoms with Crippen LogP contribution in [0.15, 0.2) is 27.0 Å². The van der Waals surface area contributed by atoms with Crippen LogP contribution in [-0.4, -0.2) is 27.0 Å². The summed E-state index contributed by atoms with van der Waals surface area (Å²) in [6, 6.07) is 4.61. The van der Waals surface area contributed by atoms with Crippen molar-refractivity contribution < 1.29 is 14.3 Å². The largest absolute Gasteiger partial charge is 0.481 e. The van der Waals surface area contributed by atoms with E-state index in [0.29, 0.717) is 13.9 Å². The zero-order chi connectivity index (χ0) is 13.8. The van der Waals surface area contributed by atoms with Gasteiger partial charge in [-0.3, -0.25) is 4.79 Å². The SMILES string of the molecule is O=C(O)CSc1nnc(Nc2ccc(Br)cc2F)s1. The quantitative estimate of drug-likeness (QED) is 0.793. The number of carboxylic acids is 1. The van der Waals surface area contributed by atoms with E-state index in [1.807, 2.05) is 0 Å². The number of rotatable bonds is 5. The lowest BCUT2D eigenvalue weighted by Gasteiger charge is -2.03. The summed E-state index contributed by atoms with van der Waals surface area (Å²) >= 11 is 5.41. The molecule has 0 aliphatic carbocycles. The number of benzene rings is 1. The van der Waals surface area contributed by atoms with Gasteiger partial charge >= 0.3 is 5.97 Å². The minimum atomic E-state index is -0.923. The minimum absolute atomic E-state index is 0.0821. The molecule has 1 heterocycles. The van der Waals surface area contributed by atoms with Gasteiger partial charge in [0.1, 0.15) is 5.82 Å². The maximum Gasteiger partial charge on any atom is 0.313 e. The van der Waals surface area contributed by atoms with E-state index in [2.05, 4.69) is 31.4 Å². The molecule has 0 saturated heterocycles. The molecule has 0 aliphatic rings. The third kappa shape index (κ3) is 4.15. The fraction of sp³-hybridized carbons (Fsp3) is 0.100. The number of nitrogens with one attached hydrogen (secondary N) is 1. The first kappa shape index (κ1) is 14.2. The Kier molecular flexibility index (Phi) is 4.72. The van der Waals surface area contributed by atoms with Crippen molar-refractivity contribution in [1.29, 1.82) is 0 Å². The number of anilines is 2. The summed E-state index contributed by atoms with van der Waals surface area (Å²) in [6.45, 7) is 0. The second-order valence-corrected chi connectivity index (χ2v) is 6.42. The third-order valence-corrected chi connectivity index (χ3v) is 4.35. The zero-order valence-electron chi connectivity index (χ0n) is 9.26. The van der Waals surface area contributed by atoms with Crippen LogP contribution in [0.3, 0.4) is 0 Å². The van der Waals surface area contributed by atoms with Gasteiger partial charge in [0.15, 0.2) is 4.34 Å². The number of hydrogen-bond acceptors (Lipinski definition) is 6. The highest BCUT2D eigenvalue weighted by molar-refractivity contribution is 9.10. The standard InChI is InChI=1S/C10H7BrFN3O2S2/c11-5-1-2-7(6(12)3-5)13-9-14-15-10(19-9)18-4-8(16)17/h1-3H,4H2,(H,13,14)(H,16,17). The van der Waals surface area contributed by atoms with E-state index in [4.69, 9.17) is 5.11 Å². The van der Waals surface area contributed by atoms with Gasteiger partial charge in [-0.05, 0) is 18.2 Å². The summed E-state index contributed by atoms with van der Waals surface area (Å²) in [5.41, 5.74) is 0.286. The van der Waals surface area contributed by atoms with Crippen molar-refractivity contribution >= 4 is 55.8 Å². The number of thioether (sulfide) groups is 1. The molecular weight excluding hydrogens is 357 g/mol. The van der Waals surface area contributed by atoms with Gasteiger partial charge in [-0.2, -0.15) is 0 Å². The van der Waals surface area contributed by atoms with Crippen LogP contribution in [0.1, 0.15) is 0 Å². The lowest BCUT2D eigenvalue weighted by Crippen LogP contribution is -1.96. The highest BCUT2D eigenvalue weighted by Gasteiger charge is 2.09. The lowest BCUT2D eigenvalue weighted by molar-refractivity contribution is -0.133. The van der Waals surface area contributed by atoms with Crippen LogP contribution in [0, 0.1) is 5.82 Å². The van der Waals surface area contributed by atoms with Crippen molar-refractivity contribution in [2.24, 2.45) is 0 Å². The van der Waals surface area contributed by atoms with E-state index >= 15 is 0 Å². The fourth-order valence-electron chi connectivity index (χ4n) is 1.15. The number of aromatic nitrogens is 2. The molecule has 0 amide bonds. The van der Waals surface area contributed by atoms with Gasteiger partial charge in [0.2, 0.25) is 5.13 Å². The van der Waals surface area contributed by atoms with E-state index in [1.165, 1.54) is 17.4 Å². The Morgan fingerprint density at radius 3 is 3.00 bits per heavy atom. The molecule has 2 N–H and O–H groups in total. The maximum atomic E-state index is 13.6. The number of carboxylic acid groups (broad SMARTS) is 1. The summed E-state index contributed by atoms with van der Waals surface area (Å²) in [5, 5.41) is 19.4. The minimum Gasteiger partial charge on any atom is -0.481 e. The van der Waals surface area contributed by atoms with Gasteiger partial charge in [0.25, 0.3) is 0 Å². The molecule has 2 rings (SSSR count). The number of hydrogen-bond donors (Lipinski definition) is 2. The molecule has 19 heavy (non-hydrogen) atoms. The molecule has 5 nitrogen and oxygen atoms in total. The average Bonchev–Trinajstić information content (AvgIpc) is 2.78. The van der Waals surface area contributed by atoms with Gasteiger partial charge < -0.3 is 10.4 Å². The van der Waals surface area contributed by atoms with Crippen molar-refractivity contribution in [1.82, 2.24) is 10.2 Å². The third-order valence-electron chi connectivity index (χ3n) is 1.90. The van der Waals surface area contributed by atoms with Crippen molar-refractivity contribution in [3.63, 3.8) is 0 Å². The van der Waals surface area contributed by atoms with Gasteiger partial charge in [-0.1, -0.05) is 39.0 Å². The number of halogens is 2. The van der Waals surface area contributed by atoms with Crippen LogP contribution in [-0.2, 0) is 4.79 Å². The average molecular weight is 364 g/mol. The molecule has 0 unspecified atom stereocenters. The van der Waals surface area contributed by atoms with E-state index in [0.717, 1.165) is 11.8 Å². The van der Waals surface area contributed by atoms with Crippen LogP contribution in [0.25, 0.3) is 0 Å². The van der Waals surface area contributed by atoms with Gasteiger partial charge in [0, 0.05) is 4.47 Å². The van der Waals surface area contributed by atoms with E-state index < -0.39 is 11.8 Å². The Morgan fingerprint density at radius 2 is 2.32 bits per heavy atom. The Labute approximate surface area is 124 Å².